The highest BCUT2D eigenvalue weighted by molar-refractivity contribution is 5.37. The van der Waals surface area contributed by atoms with Crippen molar-refractivity contribution in [3.05, 3.63) is 39.7 Å². The first-order valence-electron chi connectivity index (χ1n) is 4.47. The van der Waals surface area contributed by atoms with Crippen LogP contribution in [0.4, 0.5) is 23.2 Å². The molecule has 1 atom stereocenters. The fraction of sp³-hybridized carbons (Fsp3) is 0.333. The summed E-state index contributed by atoms with van der Waals surface area (Å²) in [5, 5.41) is 10.4. The molecule has 0 fully saturated rings. The van der Waals surface area contributed by atoms with Crippen molar-refractivity contribution < 1.29 is 22.5 Å². The van der Waals surface area contributed by atoms with Crippen LogP contribution in [-0.4, -0.2) is 11.1 Å². The minimum absolute atomic E-state index is 0.129. The number of nitro groups is 1. The van der Waals surface area contributed by atoms with Gasteiger partial charge in [-0.15, -0.1) is 0 Å². The number of nitrogens with zero attached hydrogens (tertiary/aromatic N) is 1. The number of nitro benzene ring substituents is 1. The number of halogens is 4. The second-order valence-corrected chi connectivity index (χ2v) is 3.39. The second kappa shape index (κ2) is 4.66. The highest BCUT2D eigenvalue weighted by atomic mass is 19.4. The highest BCUT2D eigenvalue weighted by Gasteiger charge is 2.31. The lowest BCUT2D eigenvalue weighted by Gasteiger charge is -2.14. The average Bonchev–Trinajstić information content (AvgIpc) is 2.14. The largest absolute Gasteiger partial charge is 0.390 e. The maximum atomic E-state index is 12.9. The van der Waals surface area contributed by atoms with Gasteiger partial charge in [-0.3, -0.25) is 10.1 Å². The third kappa shape index (κ3) is 3.66. The van der Waals surface area contributed by atoms with E-state index < -0.39 is 35.1 Å². The van der Waals surface area contributed by atoms with Gasteiger partial charge >= 0.3 is 11.9 Å². The van der Waals surface area contributed by atoms with Gasteiger partial charge in [0, 0.05) is 12.1 Å². The number of alkyl halides is 3. The molecule has 1 aromatic rings. The summed E-state index contributed by atoms with van der Waals surface area (Å²) < 4.78 is 49.0. The molecule has 4 nitrogen and oxygen atoms in total. The average molecular weight is 252 g/mol. The zero-order valence-corrected chi connectivity index (χ0v) is 8.37. The summed E-state index contributed by atoms with van der Waals surface area (Å²) in [6.45, 7) is 0. The summed E-state index contributed by atoms with van der Waals surface area (Å²) in [5.41, 5.74) is 4.22. The van der Waals surface area contributed by atoms with Gasteiger partial charge in [0.2, 0.25) is 5.82 Å². The van der Waals surface area contributed by atoms with E-state index in [2.05, 4.69) is 0 Å². The minimum Gasteiger partial charge on any atom is -0.324 e. The standard InChI is InChI=1S/C9H8F4N2O2/c10-6-2-1-5(3-8(6)15(16)17)7(14)4-9(11,12)13/h1-3,7H,4,14H2/t7-/m0/s1. The van der Waals surface area contributed by atoms with Crippen molar-refractivity contribution in [1.82, 2.24) is 0 Å². The van der Waals surface area contributed by atoms with E-state index in [9.17, 15) is 27.7 Å². The molecule has 0 aliphatic carbocycles. The van der Waals surface area contributed by atoms with Gasteiger partial charge in [-0.1, -0.05) is 6.07 Å². The molecule has 0 radical (unpaired) electrons. The molecule has 0 amide bonds. The van der Waals surface area contributed by atoms with Crippen LogP contribution in [0.25, 0.3) is 0 Å². The highest BCUT2D eigenvalue weighted by Crippen LogP contribution is 2.30. The van der Waals surface area contributed by atoms with Crippen LogP contribution in [0, 0.1) is 15.9 Å². The monoisotopic (exact) mass is 252 g/mol. The molecule has 0 saturated carbocycles. The van der Waals surface area contributed by atoms with Crippen molar-refractivity contribution in [2.75, 3.05) is 0 Å². The van der Waals surface area contributed by atoms with Gasteiger partial charge in [0.1, 0.15) is 0 Å². The van der Waals surface area contributed by atoms with Crippen LogP contribution in [0.3, 0.4) is 0 Å². The Balaban J connectivity index is 3.00. The van der Waals surface area contributed by atoms with E-state index in [1.165, 1.54) is 0 Å². The Morgan fingerprint density at radius 2 is 2.00 bits per heavy atom. The third-order valence-corrected chi connectivity index (χ3v) is 2.05. The molecule has 2 N–H and O–H groups in total. The summed E-state index contributed by atoms with van der Waals surface area (Å²) in [6.07, 6.45) is -5.81. The van der Waals surface area contributed by atoms with Gasteiger partial charge in [-0.25, -0.2) is 0 Å². The lowest BCUT2D eigenvalue weighted by Crippen LogP contribution is -2.20. The number of benzene rings is 1. The Labute approximate surface area is 93.2 Å². The van der Waals surface area contributed by atoms with Gasteiger partial charge < -0.3 is 5.73 Å². The zero-order chi connectivity index (χ0) is 13.2. The topological polar surface area (TPSA) is 69.2 Å². The Morgan fingerprint density at radius 3 is 2.47 bits per heavy atom. The predicted octanol–water partition coefficient (Wildman–Crippen LogP) is 2.69. The van der Waals surface area contributed by atoms with E-state index in [0.29, 0.717) is 6.07 Å². The van der Waals surface area contributed by atoms with E-state index in [0.717, 1.165) is 12.1 Å². The quantitative estimate of drug-likeness (QED) is 0.510. The molecular weight excluding hydrogens is 244 g/mol. The van der Waals surface area contributed by atoms with Gasteiger partial charge in [0.25, 0.3) is 0 Å². The molecule has 0 bridgehead atoms. The maximum absolute atomic E-state index is 12.9. The smallest absolute Gasteiger partial charge is 0.324 e. The van der Waals surface area contributed by atoms with E-state index in [1.807, 2.05) is 0 Å². The summed E-state index contributed by atoms with van der Waals surface area (Å²) in [4.78, 5) is 9.37. The van der Waals surface area contributed by atoms with E-state index >= 15 is 0 Å². The summed E-state index contributed by atoms with van der Waals surface area (Å²) in [7, 11) is 0. The van der Waals surface area contributed by atoms with E-state index in [-0.39, 0.29) is 5.56 Å². The lowest BCUT2D eigenvalue weighted by atomic mass is 10.0. The van der Waals surface area contributed by atoms with Crippen molar-refractivity contribution in [2.24, 2.45) is 5.73 Å². The van der Waals surface area contributed by atoms with E-state index in [4.69, 9.17) is 5.73 Å². The van der Waals surface area contributed by atoms with E-state index in [1.54, 1.807) is 0 Å². The molecule has 0 aliphatic heterocycles. The first kappa shape index (κ1) is 13.4. The maximum Gasteiger partial charge on any atom is 0.390 e. The number of rotatable bonds is 3. The SMILES string of the molecule is N[C@@H](CC(F)(F)F)c1ccc(F)c([N+](=O)[O-])c1. The van der Waals surface area contributed by atoms with Gasteiger partial charge in [-0.05, 0) is 11.6 Å². The van der Waals surface area contributed by atoms with Crippen LogP contribution < -0.4 is 5.73 Å². The summed E-state index contributed by atoms with van der Waals surface area (Å²) >= 11 is 0. The molecule has 1 rings (SSSR count). The Morgan fingerprint density at radius 1 is 1.41 bits per heavy atom. The lowest BCUT2D eigenvalue weighted by molar-refractivity contribution is -0.387. The van der Waals surface area contributed by atoms with Crippen LogP contribution in [-0.2, 0) is 0 Å². The molecule has 0 aromatic heterocycles. The van der Waals surface area contributed by atoms with Crippen LogP contribution in [0.15, 0.2) is 18.2 Å². The fourth-order valence-corrected chi connectivity index (χ4v) is 1.27. The molecule has 1 aromatic carbocycles. The van der Waals surface area contributed by atoms with Crippen molar-refractivity contribution >= 4 is 5.69 Å². The molecule has 0 heterocycles. The van der Waals surface area contributed by atoms with Crippen molar-refractivity contribution in [1.29, 1.82) is 0 Å². The predicted molar refractivity (Wildman–Crippen MR) is 50.7 cm³/mol. The molecular formula is C9H8F4N2O2. The first-order chi connectivity index (χ1) is 7.70. The second-order valence-electron chi connectivity index (χ2n) is 3.39. The molecule has 0 aliphatic rings. The Bertz CT molecular complexity index is 433. The van der Waals surface area contributed by atoms with Crippen molar-refractivity contribution in [3.8, 4) is 0 Å². The van der Waals surface area contributed by atoms with Crippen molar-refractivity contribution in [2.45, 2.75) is 18.6 Å². The van der Waals surface area contributed by atoms with Crippen LogP contribution >= 0.6 is 0 Å². The fourth-order valence-electron chi connectivity index (χ4n) is 1.27. The van der Waals surface area contributed by atoms with Gasteiger partial charge in [-0.2, -0.15) is 17.6 Å². The van der Waals surface area contributed by atoms with Gasteiger partial charge in [0.05, 0.1) is 11.3 Å². The molecule has 0 saturated heterocycles. The number of nitrogens with two attached hydrogens (primary N) is 1. The van der Waals surface area contributed by atoms with Crippen LogP contribution in [0.2, 0.25) is 0 Å². The van der Waals surface area contributed by atoms with Crippen LogP contribution in [0.5, 0.6) is 0 Å². The van der Waals surface area contributed by atoms with Crippen LogP contribution in [0.1, 0.15) is 18.0 Å². The molecule has 0 spiro atoms. The molecule has 94 valence electrons. The normalized spacial score (nSPS) is 13.5. The third-order valence-electron chi connectivity index (χ3n) is 2.05. The zero-order valence-electron chi connectivity index (χ0n) is 8.37. The molecule has 8 heteroatoms. The van der Waals surface area contributed by atoms with Crippen molar-refractivity contribution in [3.63, 3.8) is 0 Å². The Kier molecular flexibility index (Phi) is 3.66. The van der Waals surface area contributed by atoms with Gasteiger partial charge in [0.15, 0.2) is 0 Å². The number of hydrogen-bond acceptors (Lipinski definition) is 3. The summed E-state index contributed by atoms with van der Waals surface area (Å²) in [5.74, 6) is -1.11. The summed E-state index contributed by atoms with van der Waals surface area (Å²) in [6, 6.07) is 0.989. The number of hydrogen-bond donors (Lipinski definition) is 1. The Hall–Kier alpha value is -1.70. The molecule has 17 heavy (non-hydrogen) atoms. The molecule has 0 unspecified atom stereocenters. The minimum atomic E-state index is -4.48. The first-order valence-corrected chi connectivity index (χ1v) is 4.47.